The molecular weight excluding hydrogens is 350 g/mol. The predicted octanol–water partition coefficient (Wildman–Crippen LogP) is 3.88. The molecule has 0 aliphatic heterocycles. The number of benzene rings is 2. The van der Waals surface area contributed by atoms with Crippen LogP contribution in [-0.2, 0) is 27.2 Å². The molecule has 5 heteroatoms. The zero-order valence-electron chi connectivity index (χ0n) is 16.8. The van der Waals surface area contributed by atoms with Gasteiger partial charge in [-0.25, -0.2) is 4.79 Å². The first kappa shape index (κ1) is 18.8. The minimum atomic E-state index is -0.00880. The van der Waals surface area contributed by atoms with E-state index in [0.717, 1.165) is 28.9 Å². The highest BCUT2D eigenvalue weighted by molar-refractivity contribution is 5.76. The van der Waals surface area contributed by atoms with Crippen LogP contribution in [0.25, 0.3) is 11.0 Å². The molecule has 5 nitrogen and oxygen atoms in total. The molecule has 1 fully saturated rings. The number of imidazole rings is 1. The molecule has 0 radical (unpaired) electrons. The summed E-state index contributed by atoms with van der Waals surface area (Å²) in [5.74, 6) is 0.864. The molecule has 0 bridgehead atoms. The zero-order chi connectivity index (χ0) is 19.5. The molecule has 0 spiro atoms. The average Bonchev–Trinajstić information content (AvgIpc) is 2.96. The van der Waals surface area contributed by atoms with Crippen LogP contribution in [0.2, 0.25) is 0 Å². The Bertz CT molecular complexity index is 995. The lowest BCUT2D eigenvalue weighted by Crippen LogP contribution is -2.30. The first-order valence-corrected chi connectivity index (χ1v) is 10.2. The monoisotopic (exact) mass is 379 g/mol. The first-order valence-electron chi connectivity index (χ1n) is 10.2. The van der Waals surface area contributed by atoms with Gasteiger partial charge in [-0.15, -0.1) is 0 Å². The summed E-state index contributed by atoms with van der Waals surface area (Å²) in [6, 6.07) is 15.0. The lowest BCUT2D eigenvalue weighted by atomic mass is 9.95. The van der Waals surface area contributed by atoms with E-state index in [4.69, 9.17) is 4.74 Å². The summed E-state index contributed by atoms with van der Waals surface area (Å²) in [5, 5.41) is 3.67. The molecule has 28 heavy (non-hydrogen) atoms. The van der Waals surface area contributed by atoms with E-state index in [1.165, 1.54) is 37.7 Å². The Morgan fingerprint density at radius 3 is 2.36 bits per heavy atom. The Hall–Kier alpha value is -2.53. The van der Waals surface area contributed by atoms with Gasteiger partial charge >= 0.3 is 5.69 Å². The average molecular weight is 380 g/mol. The number of aryl methyl sites for hydroxylation is 2. The van der Waals surface area contributed by atoms with Gasteiger partial charge in [0.05, 0.1) is 11.0 Å². The first-order chi connectivity index (χ1) is 13.6. The van der Waals surface area contributed by atoms with Crippen LogP contribution in [0.4, 0.5) is 0 Å². The molecule has 1 aliphatic rings. The standard InChI is InChI=1S/C23H29N3O2/c1-25-21-13-10-18(14-22(21)26(2)23(25)27)16-28-20-11-8-17(9-12-20)15-24-19-6-4-3-5-7-19/h8-14,19,24H,3-7,15-16H2,1-2H3. The maximum atomic E-state index is 12.1. The zero-order valence-corrected chi connectivity index (χ0v) is 16.8. The lowest BCUT2D eigenvalue weighted by molar-refractivity contribution is 0.306. The second kappa shape index (κ2) is 8.23. The molecule has 148 valence electrons. The molecule has 0 atom stereocenters. The Labute approximate surface area is 165 Å². The van der Waals surface area contributed by atoms with Crippen molar-refractivity contribution in [1.29, 1.82) is 0 Å². The van der Waals surface area contributed by atoms with Crippen LogP contribution in [0.15, 0.2) is 47.3 Å². The second-order valence-corrected chi connectivity index (χ2v) is 7.87. The topological polar surface area (TPSA) is 48.2 Å². The van der Waals surface area contributed by atoms with E-state index >= 15 is 0 Å². The van der Waals surface area contributed by atoms with Crippen molar-refractivity contribution in [2.45, 2.75) is 51.3 Å². The van der Waals surface area contributed by atoms with Gasteiger partial charge in [0.2, 0.25) is 0 Å². The largest absolute Gasteiger partial charge is 0.489 e. The van der Waals surface area contributed by atoms with E-state index in [1.807, 2.05) is 30.3 Å². The van der Waals surface area contributed by atoms with Crippen molar-refractivity contribution in [3.05, 3.63) is 64.1 Å². The molecule has 0 saturated heterocycles. The number of hydrogen-bond acceptors (Lipinski definition) is 3. The Morgan fingerprint density at radius 2 is 1.61 bits per heavy atom. The third kappa shape index (κ3) is 3.99. The van der Waals surface area contributed by atoms with Crippen LogP contribution in [-0.4, -0.2) is 15.2 Å². The van der Waals surface area contributed by atoms with Crippen molar-refractivity contribution < 1.29 is 4.74 Å². The van der Waals surface area contributed by atoms with Gasteiger partial charge in [0.15, 0.2) is 0 Å². The number of hydrogen-bond donors (Lipinski definition) is 1. The van der Waals surface area contributed by atoms with Crippen molar-refractivity contribution in [3.8, 4) is 5.75 Å². The van der Waals surface area contributed by atoms with E-state index < -0.39 is 0 Å². The van der Waals surface area contributed by atoms with Crippen LogP contribution in [0.5, 0.6) is 5.75 Å². The molecule has 1 aromatic heterocycles. The van der Waals surface area contributed by atoms with Gasteiger partial charge in [-0.05, 0) is 48.2 Å². The minimum absolute atomic E-state index is 0.00880. The minimum Gasteiger partial charge on any atom is -0.489 e. The van der Waals surface area contributed by atoms with E-state index in [9.17, 15) is 4.79 Å². The highest BCUT2D eigenvalue weighted by Crippen LogP contribution is 2.20. The summed E-state index contributed by atoms with van der Waals surface area (Å²) >= 11 is 0. The van der Waals surface area contributed by atoms with Crippen LogP contribution >= 0.6 is 0 Å². The Kier molecular flexibility index (Phi) is 5.53. The second-order valence-electron chi connectivity index (χ2n) is 7.87. The number of fused-ring (bicyclic) bond motifs is 1. The number of ether oxygens (including phenoxy) is 1. The predicted molar refractivity (Wildman–Crippen MR) is 113 cm³/mol. The summed E-state index contributed by atoms with van der Waals surface area (Å²) in [5.41, 5.74) is 4.20. The number of nitrogens with one attached hydrogen (secondary N) is 1. The van der Waals surface area contributed by atoms with Gasteiger partial charge in [-0.2, -0.15) is 0 Å². The summed E-state index contributed by atoms with van der Waals surface area (Å²) < 4.78 is 9.29. The van der Waals surface area contributed by atoms with Crippen molar-refractivity contribution in [2.75, 3.05) is 0 Å². The third-order valence-electron chi connectivity index (χ3n) is 5.87. The summed E-state index contributed by atoms with van der Waals surface area (Å²) in [6.45, 7) is 1.41. The van der Waals surface area contributed by atoms with Crippen LogP contribution in [0.3, 0.4) is 0 Å². The SMILES string of the molecule is Cn1c(=O)n(C)c2cc(COc3ccc(CNC4CCCCC4)cc3)ccc21. The van der Waals surface area contributed by atoms with Crippen molar-refractivity contribution >= 4 is 11.0 Å². The Balaban J connectivity index is 1.35. The molecule has 1 heterocycles. The number of aromatic nitrogens is 2. The third-order valence-corrected chi connectivity index (χ3v) is 5.87. The smallest absolute Gasteiger partial charge is 0.328 e. The van der Waals surface area contributed by atoms with Gasteiger partial charge in [-0.1, -0.05) is 37.5 Å². The van der Waals surface area contributed by atoms with Crippen LogP contribution in [0.1, 0.15) is 43.2 Å². The van der Waals surface area contributed by atoms with Crippen molar-refractivity contribution in [3.63, 3.8) is 0 Å². The van der Waals surface area contributed by atoms with Gasteiger partial charge in [0.1, 0.15) is 12.4 Å². The van der Waals surface area contributed by atoms with E-state index in [2.05, 4.69) is 17.4 Å². The van der Waals surface area contributed by atoms with Gasteiger partial charge < -0.3 is 10.1 Å². The summed E-state index contributed by atoms with van der Waals surface area (Å²) in [7, 11) is 3.60. The highest BCUT2D eigenvalue weighted by atomic mass is 16.5. The molecule has 0 amide bonds. The van der Waals surface area contributed by atoms with Crippen molar-refractivity contribution in [2.24, 2.45) is 14.1 Å². The fourth-order valence-corrected chi connectivity index (χ4v) is 4.08. The maximum Gasteiger partial charge on any atom is 0.328 e. The fourth-order valence-electron chi connectivity index (χ4n) is 4.08. The lowest BCUT2D eigenvalue weighted by Gasteiger charge is -2.22. The van der Waals surface area contributed by atoms with E-state index in [1.54, 1.807) is 23.2 Å². The van der Waals surface area contributed by atoms with Crippen LogP contribution < -0.4 is 15.7 Å². The summed E-state index contributed by atoms with van der Waals surface area (Å²) in [6.07, 6.45) is 6.70. The summed E-state index contributed by atoms with van der Waals surface area (Å²) in [4.78, 5) is 12.1. The van der Waals surface area contributed by atoms with Gasteiger partial charge in [0, 0.05) is 26.7 Å². The molecule has 0 unspecified atom stereocenters. The maximum absolute atomic E-state index is 12.1. The van der Waals surface area contributed by atoms with Gasteiger partial charge in [0.25, 0.3) is 0 Å². The molecule has 1 saturated carbocycles. The highest BCUT2D eigenvalue weighted by Gasteiger charge is 2.12. The molecule has 3 aromatic rings. The van der Waals surface area contributed by atoms with Gasteiger partial charge in [-0.3, -0.25) is 9.13 Å². The fraction of sp³-hybridized carbons (Fsp3) is 0.435. The molecule has 2 aromatic carbocycles. The normalized spacial score (nSPS) is 15.2. The van der Waals surface area contributed by atoms with E-state index in [0.29, 0.717) is 12.6 Å². The number of nitrogens with zero attached hydrogens (tertiary/aromatic N) is 2. The quantitative estimate of drug-likeness (QED) is 0.707. The Morgan fingerprint density at radius 1 is 0.929 bits per heavy atom. The molecule has 1 aliphatic carbocycles. The van der Waals surface area contributed by atoms with Crippen molar-refractivity contribution in [1.82, 2.24) is 14.5 Å². The molecular formula is C23H29N3O2. The molecule has 1 N–H and O–H groups in total. The molecule has 4 rings (SSSR count). The number of rotatable bonds is 6. The van der Waals surface area contributed by atoms with Crippen LogP contribution in [0, 0.1) is 0 Å². The van der Waals surface area contributed by atoms with E-state index in [-0.39, 0.29) is 5.69 Å².